The zero-order valence-corrected chi connectivity index (χ0v) is 22.8. The molecule has 1 N–H and O–H groups in total. The van der Waals surface area contributed by atoms with E-state index in [-0.39, 0.29) is 17.4 Å². The molecule has 192 valence electrons. The molecule has 10 heteroatoms. The molecule has 1 heterocycles. The second kappa shape index (κ2) is 11.3. The van der Waals surface area contributed by atoms with Gasteiger partial charge in [0.05, 0.1) is 9.92 Å². The minimum atomic E-state index is -3.91. The normalized spacial score (nSPS) is 13.1. The standard InChI is InChI=1S/C26H29Cl2N3O4S/c1-17-20(27)7-5-9-25(17)36(32,33)30-23-15-19-6-4-8-22(19)29-26(23)35-16-18-10-11-21(28)24(14-18)34-13-12-31(2)3/h5,7,9-11,14-15,30H,4,6,8,12-13,16H2,1-3H3. The number of aryl methyl sites for hydroxylation is 2. The zero-order valence-electron chi connectivity index (χ0n) is 20.5. The minimum Gasteiger partial charge on any atom is -0.491 e. The van der Waals surface area contributed by atoms with Crippen LogP contribution in [-0.4, -0.2) is 45.5 Å². The summed E-state index contributed by atoms with van der Waals surface area (Å²) in [5.41, 5.74) is 3.54. The third-order valence-corrected chi connectivity index (χ3v) is 8.17. The number of hydrogen-bond acceptors (Lipinski definition) is 6. The van der Waals surface area contributed by atoms with Gasteiger partial charge in [0.25, 0.3) is 10.0 Å². The molecule has 2 aromatic carbocycles. The number of rotatable bonds is 10. The number of anilines is 1. The van der Waals surface area contributed by atoms with E-state index >= 15 is 0 Å². The minimum absolute atomic E-state index is 0.110. The highest BCUT2D eigenvalue weighted by Crippen LogP contribution is 2.34. The fourth-order valence-corrected chi connectivity index (χ4v) is 5.67. The van der Waals surface area contributed by atoms with E-state index in [1.807, 2.05) is 37.2 Å². The Morgan fingerprint density at radius 2 is 1.86 bits per heavy atom. The molecule has 0 fully saturated rings. The van der Waals surface area contributed by atoms with Gasteiger partial charge in [-0.25, -0.2) is 13.4 Å². The van der Waals surface area contributed by atoms with Crippen LogP contribution >= 0.6 is 23.2 Å². The van der Waals surface area contributed by atoms with Crippen molar-refractivity contribution < 1.29 is 17.9 Å². The molecule has 0 aliphatic heterocycles. The predicted molar refractivity (Wildman–Crippen MR) is 143 cm³/mol. The smallest absolute Gasteiger partial charge is 0.262 e. The van der Waals surface area contributed by atoms with Gasteiger partial charge in [0, 0.05) is 17.3 Å². The van der Waals surface area contributed by atoms with Crippen LogP contribution in [0.5, 0.6) is 11.6 Å². The van der Waals surface area contributed by atoms with Crippen LogP contribution in [0.15, 0.2) is 47.4 Å². The number of fused-ring (bicyclic) bond motifs is 1. The second-order valence-electron chi connectivity index (χ2n) is 8.97. The second-order valence-corrected chi connectivity index (χ2v) is 11.4. The molecule has 0 saturated carbocycles. The van der Waals surface area contributed by atoms with Crippen molar-refractivity contribution in [2.45, 2.75) is 37.7 Å². The quantitative estimate of drug-likeness (QED) is 0.359. The summed E-state index contributed by atoms with van der Waals surface area (Å²) in [7, 11) is 0.0263. The summed E-state index contributed by atoms with van der Waals surface area (Å²) in [5, 5.41) is 0.895. The summed E-state index contributed by atoms with van der Waals surface area (Å²) < 4.78 is 41.0. The van der Waals surface area contributed by atoms with E-state index in [1.165, 1.54) is 6.07 Å². The van der Waals surface area contributed by atoms with E-state index in [0.717, 1.165) is 42.6 Å². The van der Waals surface area contributed by atoms with Crippen LogP contribution in [0.1, 0.15) is 28.8 Å². The Bertz CT molecular complexity index is 1360. The fourth-order valence-electron chi connectivity index (χ4n) is 3.95. The van der Waals surface area contributed by atoms with Crippen molar-refractivity contribution in [1.29, 1.82) is 0 Å². The largest absolute Gasteiger partial charge is 0.491 e. The fraction of sp³-hybridized carbons (Fsp3) is 0.346. The summed E-state index contributed by atoms with van der Waals surface area (Å²) in [6.45, 7) is 3.09. The topological polar surface area (TPSA) is 80.8 Å². The Kier molecular flexibility index (Phi) is 8.30. The van der Waals surface area contributed by atoms with Gasteiger partial charge in [-0.2, -0.15) is 0 Å². The molecule has 0 spiro atoms. The monoisotopic (exact) mass is 549 g/mol. The van der Waals surface area contributed by atoms with Gasteiger partial charge in [-0.3, -0.25) is 4.72 Å². The number of sulfonamides is 1. The molecule has 3 aromatic rings. The maximum absolute atomic E-state index is 13.2. The average Bonchev–Trinajstić information content (AvgIpc) is 3.27. The molecule has 0 bridgehead atoms. The van der Waals surface area contributed by atoms with Crippen LogP contribution in [0.3, 0.4) is 0 Å². The van der Waals surface area contributed by atoms with Crippen molar-refractivity contribution in [3.63, 3.8) is 0 Å². The maximum atomic E-state index is 13.2. The molecule has 7 nitrogen and oxygen atoms in total. The van der Waals surface area contributed by atoms with E-state index in [1.54, 1.807) is 25.1 Å². The summed E-state index contributed by atoms with van der Waals surface area (Å²) >= 11 is 12.5. The number of pyridine rings is 1. The third-order valence-electron chi connectivity index (χ3n) is 5.93. The van der Waals surface area contributed by atoms with Crippen LogP contribution < -0.4 is 14.2 Å². The molecule has 1 aromatic heterocycles. The van der Waals surface area contributed by atoms with Gasteiger partial charge in [0.2, 0.25) is 5.88 Å². The summed E-state index contributed by atoms with van der Waals surface area (Å²) in [4.78, 5) is 6.79. The van der Waals surface area contributed by atoms with E-state index in [9.17, 15) is 8.42 Å². The molecule has 36 heavy (non-hydrogen) atoms. The first-order valence-corrected chi connectivity index (χ1v) is 13.9. The molecule has 0 unspecified atom stereocenters. The predicted octanol–water partition coefficient (Wildman–Crippen LogP) is 5.51. The third kappa shape index (κ3) is 6.24. The number of nitrogens with one attached hydrogen (secondary N) is 1. The highest BCUT2D eigenvalue weighted by Gasteiger charge is 2.24. The summed E-state index contributed by atoms with van der Waals surface area (Å²) in [5.74, 6) is 0.794. The van der Waals surface area contributed by atoms with Crippen molar-refractivity contribution in [3.05, 3.63) is 74.9 Å². The van der Waals surface area contributed by atoms with Gasteiger partial charge in [-0.1, -0.05) is 35.3 Å². The molecular formula is C26H29Cl2N3O4S. The lowest BCUT2D eigenvalue weighted by Crippen LogP contribution is -2.19. The molecule has 1 aliphatic rings. The molecule has 1 aliphatic carbocycles. The molecule has 4 rings (SSSR count). The lowest BCUT2D eigenvalue weighted by molar-refractivity contribution is 0.259. The van der Waals surface area contributed by atoms with Gasteiger partial charge in [-0.05, 0) is 87.3 Å². The van der Waals surface area contributed by atoms with Crippen LogP contribution in [0.2, 0.25) is 10.0 Å². The van der Waals surface area contributed by atoms with Crippen molar-refractivity contribution in [1.82, 2.24) is 9.88 Å². The molecule has 0 atom stereocenters. The summed E-state index contributed by atoms with van der Waals surface area (Å²) in [6.07, 6.45) is 2.64. The Labute approximate surface area is 222 Å². The Morgan fingerprint density at radius 3 is 2.64 bits per heavy atom. The summed E-state index contributed by atoms with van der Waals surface area (Å²) in [6, 6.07) is 12.0. The number of hydrogen-bond donors (Lipinski definition) is 1. The van der Waals surface area contributed by atoms with Crippen LogP contribution in [0.25, 0.3) is 0 Å². The Balaban J connectivity index is 1.57. The lowest BCUT2D eigenvalue weighted by atomic mass is 10.2. The van der Waals surface area contributed by atoms with Crippen molar-refractivity contribution in [2.24, 2.45) is 0 Å². The van der Waals surface area contributed by atoms with Gasteiger partial charge < -0.3 is 14.4 Å². The Hall–Kier alpha value is -2.52. The number of benzene rings is 2. The first kappa shape index (κ1) is 26.5. The van der Waals surface area contributed by atoms with Crippen LogP contribution in [-0.2, 0) is 29.5 Å². The highest BCUT2D eigenvalue weighted by molar-refractivity contribution is 7.92. The number of aromatic nitrogens is 1. The van der Waals surface area contributed by atoms with Crippen LogP contribution in [0, 0.1) is 6.92 Å². The number of ether oxygens (including phenoxy) is 2. The van der Waals surface area contributed by atoms with E-state index in [0.29, 0.717) is 33.7 Å². The molecule has 0 amide bonds. The van der Waals surface area contributed by atoms with E-state index < -0.39 is 10.0 Å². The van der Waals surface area contributed by atoms with Crippen molar-refractivity contribution >= 4 is 38.9 Å². The zero-order chi connectivity index (χ0) is 25.9. The highest BCUT2D eigenvalue weighted by atomic mass is 35.5. The van der Waals surface area contributed by atoms with Gasteiger partial charge in [-0.15, -0.1) is 0 Å². The van der Waals surface area contributed by atoms with Gasteiger partial charge >= 0.3 is 0 Å². The van der Waals surface area contributed by atoms with E-state index in [2.05, 4.69) is 9.71 Å². The first-order valence-electron chi connectivity index (χ1n) is 11.6. The number of likely N-dealkylation sites (N-methyl/N-ethyl adjacent to an activating group) is 1. The molecule has 0 saturated heterocycles. The molecular weight excluding hydrogens is 521 g/mol. The Morgan fingerprint density at radius 1 is 1.06 bits per heavy atom. The average molecular weight is 551 g/mol. The number of halogens is 2. The number of nitrogens with zero attached hydrogens (tertiary/aromatic N) is 2. The SMILES string of the molecule is Cc1c(Cl)cccc1S(=O)(=O)Nc1cc2c(nc1OCc1ccc(Cl)c(OCCN(C)C)c1)CCC2. The first-order chi connectivity index (χ1) is 17.1. The molecule has 0 radical (unpaired) electrons. The van der Waals surface area contributed by atoms with Crippen LogP contribution in [0.4, 0.5) is 5.69 Å². The lowest BCUT2D eigenvalue weighted by Gasteiger charge is -2.16. The van der Waals surface area contributed by atoms with Gasteiger partial charge in [0.1, 0.15) is 24.7 Å². The van der Waals surface area contributed by atoms with E-state index in [4.69, 9.17) is 32.7 Å². The van der Waals surface area contributed by atoms with Crippen molar-refractivity contribution in [3.8, 4) is 11.6 Å². The van der Waals surface area contributed by atoms with Crippen molar-refractivity contribution in [2.75, 3.05) is 32.0 Å². The maximum Gasteiger partial charge on any atom is 0.262 e. The van der Waals surface area contributed by atoms with Gasteiger partial charge in [0.15, 0.2) is 0 Å².